The lowest BCUT2D eigenvalue weighted by Gasteiger charge is -2.35. The Morgan fingerprint density at radius 3 is 2.58 bits per heavy atom. The number of primary amides is 1. The molecule has 0 saturated carbocycles. The molecule has 0 spiro atoms. The smallest absolute Gasteiger partial charge is 0.329 e. The van der Waals surface area contributed by atoms with Crippen LogP contribution >= 0.6 is 0 Å². The molecule has 1 aliphatic heterocycles. The lowest BCUT2D eigenvalue weighted by Crippen LogP contribution is -2.53. The van der Waals surface area contributed by atoms with Crippen LogP contribution in [0.25, 0.3) is 0 Å². The summed E-state index contributed by atoms with van der Waals surface area (Å²) in [6.07, 6.45) is 0. The number of carbonyl (C=O) groups excluding carboxylic acids is 1. The summed E-state index contributed by atoms with van der Waals surface area (Å²) in [5.74, 6) is 0. The molecule has 0 unspecified atom stereocenters. The van der Waals surface area contributed by atoms with Gasteiger partial charge in [0.05, 0.1) is 13.2 Å². The van der Waals surface area contributed by atoms with Gasteiger partial charge in [0, 0.05) is 19.6 Å². The topological polar surface area (TPSA) is 58.8 Å². The van der Waals surface area contributed by atoms with Crippen molar-refractivity contribution in [1.29, 1.82) is 0 Å². The molecule has 2 N–H and O–H groups in total. The molecule has 5 heteroatoms. The standard InChI is InChI=1S/C7H15N3O2/c1-2-10(7(8)11)9-3-5-12-6-4-9/h2-6H2,1H3,(H2,8,11). The zero-order valence-electron chi connectivity index (χ0n) is 7.32. The molecule has 12 heavy (non-hydrogen) atoms. The molecule has 1 fully saturated rings. The van der Waals surface area contributed by atoms with Gasteiger partial charge in [-0.15, -0.1) is 0 Å². The van der Waals surface area contributed by atoms with Crippen molar-refractivity contribution in [3.8, 4) is 0 Å². The fourth-order valence-corrected chi connectivity index (χ4v) is 1.29. The molecule has 0 radical (unpaired) electrons. The lowest BCUT2D eigenvalue weighted by molar-refractivity contribution is -0.0586. The van der Waals surface area contributed by atoms with Crippen molar-refractivity contribution >= 4 is 6.03 Å². The van der Waals surface area contributed by atoms with E-state index in [0.717, 1.165) is 13.1 Å². The van der Waals surface area contributed by atoms with Crippen molar-refractivity contribution < 1.29 is 9.53 Å². The van der Waals surface area contributed by atoms with E-state index in [1.807, 2.05) is 11.9 Å². The normalized spacial score (nSPS) is 19.1. The van der Waals surface area contributed by atoms with Crippen molar-refractivity contribution in [2.45, 2.75) is 6.92 Å². The van der Waals surface area contributed by atoms with E-state index in [1.54, 1.807) is 5.01 Å². The number of carbonyl (C=O) groups is 1. The number of ether oxygens (including phenoxy) is 1. The van der Waals surface area contributed by atoms with E-state index in [2.05, 4.69) is 0 Å². The van der Waals surface area contributed by atoms with Crippen molar-refractivity contribution in [3.63, 3.8) is 0 Å². The molecule has 1 saturated heterocycles. The summed E-state index contributed by atoms with van der Waals surface area (Å²) in [7, 11) is 0. The van der Waals surface area contributed by atoms with E-state index >= 15 is 0 Å². The molecule has 0 aromatic carbocycles. The number of hydrazine groups is 1. The van der Waals surface area contributed by atoms with Crippen LogP contribution in [0.5, 0.6) is 0 Å². The SMILES string of the molecule is CCN(C(N)=O)N1CCOCC1. The van der Waals surface area contributed by atoms with Crippen molar-refractivity contribution in [2.75, 3.05) is 32.8 Å². The molecule has 2 amide bonds. The Labute approximate surface area is 72.0 Å². The van der Waals surface area contributed by atoms with Gasteiger partial charge < -0.3 is 10.5 Å². The minimum Gasteiger partial charge on any atom is -0.379 e. The van der Waals surface area contributed by atoms with Crippen molar-refractivity contribution in [1.82, 2.24) is 10.0 Å². The van der Waals surface area contributed by atoms with Crippen LogP contribution in [0.1, 0.15) is 6.92 Å². The van der Waals surface area contributed by atoms with Gasteiger partial charge in [-0.05, 0) is 6.92 Å². The average molecular weight is 173 g/mol. The number of rotatable bonds is 2. The van der Waals surface area contributed by atoms with Gasteiger partial charge in [0.15, 0.2) is 0 Å². The fraction of sp³-hybridized carbons (Fsp3) is 0.857. The quantitative estimate of drug-likeness (QED) is 0.620. The summed E-state index contributed by atoms with van der Waals surface area (Å²) in [5.41, 5.74) is 5.18. The maximum Gasteiger partial charge on any atom is 0.329 e. The van der Waals surface area contributed by atoms with Gasteiger partial charge in [-0.25, -0.2) is 9.80 Å². The molecular formula is C7H15N3O2. The van der Waals surface area contributed by atoms with Crippen LogP contribution in [-0.4, -0.2) is 48.9 Å². The third kappa shape index (κ3) is 2.09. The molecule has 1 rings (SSSR count). The number of amides is 2. The van der Waals surface area contributed by atoms with Crippen LogP contribution in [-0.2, 0) is 4.74 Å². The molecule has 70 valence electrons. The number of urea groups is 1. The summed E-state index contributed by atoms with van der Waals surface area (Å²) in [5, 5.41) is 3.47. The summed E-state index contributed by atoms with van der Waals surface area (Å²) in [6, 6.07) is -0.389. The lowest BCUT2D eigenvalue weighted by atomic mass is 10.5. The zero-order chi connectivity index (χ0) is 8.97. The Bertz CT molecular complexity index is 157. The second-order valence-corrected chi connectivity index (χ2v) is 2.62. The Morgan fingerprint density at radius 2 is 2.17 bits per heavy atom. The highest BCUT2D eigenvalue weighted by Gasteiger charge is 2.19. The van der Waals surface area contributed by atoms with E-state index in [1.165, 1.54) is 0 Å². The first-order valence-corrected chi connectivity index (χ1v) is 4.15. The third-order valence-corrected chi connectivity index (χ3v) is 1.88. The monoisotopic (exact) mass is 173 g/mol. The average Bonchev–Trinajstić information content (AvgIpc) is 2.07. The molecule has 0 aromatic heterocycles. The first-order chi connectivity index (χ1) is 5.75. The summed E-state index contributed by atoms with van der Waals surface area (Å²) in [6.45, 7) is 5.36. The van der Waals surface area contributed by atoms with Crippen molar-refractivity contribution in [3.05, 3.63) is 0 Å². The van der Waals surface area contributed by atoms with Crippen LogP contribution in [0.4, 0.5) is 4.79 Å². The molecule has 1 aliphatic rings. The summed E-state index contributed by atoms with van der Waals surface area (Å²) in [4.78, 5) is 10.9. The maximum atomic E-state index is 10.9. The minimum atomic E-state index is -0.389. The number of nitrogens with two attached hydrogens (primary N) is 1. The van der Waals surface area contributed by atoms with Crippen LogP contribution < -0.4 is 5.73 Å². The molecule has 0 bridgehead atoms. The van der Waals surface area contributed by atoms with Crippen LogP contribution in [0, 0.1) is 0 Å². The van der Waals surface area contributed by atoms with E-state index in [0.29, 0.717) is 19.8 Å². The van der Waals surface area contributed by atoms with Crippen molar-refractivity contribution in [2.24, 2.45) is 5.73 Å². The van der Waals surface area contributed by atoms with Gasteiger partial charge in [-0.1, -0.05) is 0 Å². The van der Waals surface area contributed by atoms with Gasteiger partial charge in [0.25, 0.3) is 0 Å². The molecule has 0 aliphatic carbocycles. The highest BCUT2D eigenvalue weighted by Crippen LogP contribution is 2.01. The molecule has 5 nitrogen and oxygen atoms in total. The van der Waals surface area contributed by atoms with E-state index in [-0.39, 0.29) is 6.03 Å². The number of nitrogens with zero attached hydrogens (tertiary/aromatic N) is 2. The first-order valence-electron chi connectivity index (χ1n) is 4.15. The summed E-state index contributed by atoms with van der Waals surface area (Å²) >= 11 is 0. The largest absolute Gasteiger partial charge is 0.379 e. The van der Waals surface area contributed by atoms with Gasteiger partial charge in [-0.2, -0.15) is 0 Å². The van der Waals surface area contributed by atoms with Gasteiger partial charge in [0.1, 0.15) is 0 Å². The molecule has 0 atom stereocenters. The second kappa shape index (κ2) is 4.27. The van der Waals surface area contributed by atoms with Gasteiger partial charge in [0.2, 0.25) is 0 Å². The van der Waals surface area contributed by atoms with Crippen LogP contribution in [0.15, 0.2) is 0 Å². The molecular weight excluding hydrogens is 158 g/mol. The van der Waals surface area contributed by atoms with E-state index in [9.17, 15) is 4.79 Å². The van der Waals surface area contributed by atoms with Crippen LogP contribution in [0.3, 0.4) is 0 Å². The number of hydrogen-bond acceptors (Lipinski definition) is 3. The zero-order valence-corrected chi connectivity index (χ0v) is 7.32. The van der Waals surface area contributed by atoms with E-state index in [4.69, 9.17) is 10.5 Å². The number of morpholine rings is 1. The molecule has 0 aromatic rings. The van der Waals surface area contributed by atoms with Gasteiger partial charge >= 0.3 is 6.03 Å². The van der Waals surface area contributed by atoms with Crippen LogP contribution in [0.2, 0.25) is 0 Å². The van der Waals surface area contributed by atoms with Gasteiger partial charge in [-0.3, -0.25) is 5.01 Å². The Balaban J connectivity index is 2.46. The maximum absolute atomic E-state index is 10.9. The highest BCUT2D eigenvalue weighted by molar-refractivity contribution is 5.71. The molecule has 1 heterocycles. The predicted molar refractivity (Wildman–Crippen MR) is 44.4 cm³/mol. The predicted octanol–water partition coefficient (Wildman–Crippen LogP) is -0.366. The second-order valence-electron chi connectivity index (χ2n) is 2.62. The Hall–Kier alpha value is -0.810. The first kappa shape index (κ1) is 9.28. The third-order valence-electron chi connectivity index (χ3n) is 1.88. The summed E-state index contributed by atoms with van der Waals surface area (Å²) < 4.78 is 5.15. The van der Waals surface area contributed by atoms with E-state index < -0.39 is 0 Å². The number of hydrogen-bond donors (Lipinski definition) is 1. The fourth-order valence-electron chi connectivity index (χ4n) is 1.29. The minimum absolute atomic E-state index is 0.389. The Morgan fingerprint density at radius 1 is 1.58 bits per heavy atom. The highest BCUT2D eigenvalue weighted by atomic mass is 16.5. The Kier molecular flexibility index (Phi) is 3.31.